The first kappa shape index (κ1) is 14.2. The zero-order chi connectivity index (χ0) is 14.7. The van der Waals surface area contributed by atoms with Crippen LogP contribution in [-0.2, 0) is 0 Å². The maximum Gasteiger partial charge on any atom is 0.284 e. The smallest absolute Gasteiger partial charge is 0.284 e. The lowest BCUT2D eigenvalue weighted by Gasteiger charge is -2.12. The third-order valence-corrected chi connectivity index (χ3v) is 3.62. The van der Waals surface area contributed by atoms with Gasteiger partial charge in [0.2, 0.25) is 0 Å². The predicted molar refractivity (Wildman–Crippen MR) is 75.3 cm³/mol. The van der Waals surface area contributed by atoms with Gasteiger partial charge in [0.05, 0.1) is 22.7 Å². The van der Waals surface area contributed by atoms with Gasteiger partial charge in [-0.3, -0.25) is 20.0 Å². The first-order chi connectivity index (χ1) is 9.50. The van der Waals surface area contributed by atoms with Crippen molar-refractivity contribution in [2.45, 2.75) is 13.0 Å². The summed E-state index contributed by atoms with van der Waals surface area (Å²) >= 11 is 3.10. The molecule has 2 aromatic rings. The molecule has 20 heavy (non-hydrogen) atoms. The summed E-state index contributed by atoms with van der Waals surface area (Å²) < 4.78 is 0.168. The number of nitro groups is 1. The number of H-pyrrole nitrogens is 1. The summed E-state index contributed by atoms with van der Waals surface area (Å²) in [5.41, 5.74) is 0.892. The van der Waals surface area contributed by atoms with Crippen molar-refractivity contribution in [3.63, 3.8) is 0 Å². The monoisotopic (exact) mass is 338 g/mol. The molecule has 2 rings (SSSR count). The molecular weight excluding hydrogens is 328 g/mol. The van der Waals surface area contributed by atoms with E-state index in [9.17, 15) is 14.9 Å². The largest absolute Gasteiger partial charge is 0.345 e. The molecule has 2 N–H and O–H groups in total. The first-order valence-corrected chi connectivity index (χ1v) is 6.52. The summed E-state index contributed by atoms with van der Waals surface area (Å²) in [5.74, 6) is -0.394. The number of aromatic amines is 1. The summed E-state index contributed by atoms with van der Waals surface area (Å²) in [4.78, 5) is 22.4. The van der Waals surface area contributed by atoms with Gasteiger partial charge in [-0.25, -0.2) is 0 Å². The fraction of sp³-hybridized carbons (Fsp3) is 0.167. The number of aromatic nitrogens is 2. The molecule has 7 nitrogen and oxygen atoms in total. The van der Waals surface area contributed by atoms with Crippen LogP contribution < -0.4 is 5.32 Å². The summed E-state index contributed by atoms with van der Waals surface area (Å²) in [7, 11) is 0. The van der Waals surface area contributed by atoms with E-state index in [0.29, 0.717) is 0 Å². The molecule has 1 aromatic heterocycles. The first-order valence-electron chi connectivity index (χ1n) is 5.73. The van der Waals surface area contributed by atoms with E-state index in [2.05, 4.69) is 31.4 Å². The molecule has 0 fully saturated rings. The van der Waals surface area contributed by atoms with Crippen LogP contribution in [0.15, 0.2) is 35.1 Å². The Kier molecular flexibility index (Phi) is 4.14. The maximum absolute atomic E-state index is 12.2. The molecule has 0 aliphatic carbocycles. The Balaban J connectivity index is 2.22. The molecule has 0 bridgehead atoms. The minimum Gasteiger partial charge on any atom is -0.345 e. The molecular formula is C12H11BrN4O3. The van der Waals surface area contributed by atoms with E-state index in [1.54, 1.807) is 19.3 Å². The van der Waals surface area contributed by atoms with Gasteiger partial charge in [-0.05, 0) is 28.9 Å². The average Bonchev–Trinajstić information content (AvgIpc) is 2.92. The average molecular weight is 339 g/mol. The minimum atomic E-state index is -0.541. The second-order valence-electron chi connectivity index (χ2n) is 4.12. The Labute approximate surface area is 122 Å². The van der Waals surface area contributed by atoms with Crippen molar-refractivity contribution in [1.29, 1.82) is 0 Å². The van der Waals surface area contributed by atoms with Gasteiger partial charge in [0.15, 0.2) is 0 Å². The van der Waals surface area contributed by atoms with Crippen LogP contribution in [0.2, 0.25) is 0 Å². The maximum atomic E-state index is 12.2. The summed E-state index contributed by atoms with van der Waals surface area (Å²) in [6.07, 6.45) is 3.28. The van der Waals surface area contributed by atoms with Crippen molar-refractivity contribution in [2.75, 3.05) is 0 Å². The van der Waals surface area contributed by atoms with Crippen LogP contribution in [-0.4, -0.2) is 21.0 Å². The number of nitro benzene ring substituents is 1. The van der Waals surface area contributed by atoms with Crippen LogP contribution in [0.25, 0.3) is 0 Å². The quantitative estimate of drug-likeness (QED) is 0.660. The molecule has 1 unspecified atom stereocenters. The minimum absolute atomic E-state index is 0.145. The van der Waals surface area contributed by atoms with Crippen LogP contribution in [0.3, 0.4) is 0 Å². The Bertz CT molecular complexity index is 642. The van der Waals surface area contributed by atoms with Crippen LogP contribution >= 0.6 is 15.9 Å². The Morgan fingerprint density at radius 2 is 2.30 bits per heavy atom. The third-order valence-electron chi connectivity index (χ3n) is 2.79. The fourth-order valence-electron chi connectivity index (χ4n) is 1.69. The lowest BCUT2D eigenvalue weighted by atomic mass is 10.1. The molecule has 1 heterocycles. The van der Waals surface area contributed by atoms with Gasteiger partial charge in [0, 0.05) is 17.8 Å². The van der Waals surface area contributed by atoms with Gasteiger partial charge in [0.25, 0.3) is 11.6 Å². The Hall–Kier alpha value is -2.22. The molecule has 0 spiro atoms. The molecule has 1 amide bonds. The second kappa shape index (κ2) is 5.83. The van der Waals surface area contributed by atoms with E-state index in [0.717, 1.165) is 5.56 Å². The van der Waals surface area contributed by atoms with Gasteiger partial charge in [-0.15, -0.1) is 0 Å². The van der Waals surface area contributed by atoms with E-state index in [4.69, 9.17) is 0 Å². The highest BCUT2D eigenvalue weighted by molar-refractivity contribution is 9.10. The van der Waals surface area contributed by atoms with Crippen LogP contribution in [0.4, 0.5) is 5.69 Å². The zero-order valence-corrected chi connectivity index (χ0v) is 12.0. The van der Waals surface area contributed by atoms with Crippen molar-refractivity contribution in [1.82, 2.24) is 15.5 Å². The van der Waals surface area contributed by atoms with E-state index >= 15 is 0 Å². The van der Waals surface area contributed by atoms with E-state index in [1.165, 1.54) is 18.2 Å². The number of hydrogen-bond donors (Lipinski definition) is 2. The van der Waals surface area contributed by atoms with Gasteiger partial charge < -0.3 is 5.32 Å². The molecule has 0 saturated carbocycles. The lowest BCUT2D eigenvalue weighted by molar-refractivity contribution is -0.385. The number of benzene rings is 1. The molecule has 8 heteroatoms. The predicted octanol–water partition coefficient (Wildman–Crippen LogP) is 2.57. The second-order valence-corrected chi connectivity index (χ2v) is 4.92. The van der Waals surface area contributed by atoms with Gasteiger partial charge >= 0.3 is 0 Å². The summed E-state index contributed by atoms with van der Waals surface area (Å²) in [6.45, 7) is 1.80. The topological polar surface area (TPSA) is 101 Å². The summed E-state index contributed by atoms with van der Waals surface area (Å²) in [6, 6.07) is 4.07. The zero-order valence-electron chi connectivity index (χ0n) is 10.5. The number of nitrogens with zero attached hydrogens (tertiary/aromatic N) is 2. The number of amides is 1. The highest BCUT2D eigenvalue weighted by atomic mass is 79.9. The molecule has 0 aliphatic heterocycles. The number of nitrogens with one attached hydrogen (secondary N) is 2. The normalized spacial score (nSPS) is 11.9. The fourth-order valence-corrected chi connectivity index (χ4v) is 2.28. The number of carbonyl (C=O) groups is 1. The SMILES string of the molecule is CC(NC(=O)c1cccc([N+](=O)[O-])c1Br)c1cn[nH]c1. The highest BCUT2D eigenvalue weighted by Crippen LogP contribution is 2.28. The van der Waals surface area contributed by atoms with Crippen molar-refractivity contribution in [3.8, 4) is 0 Å². The molecule has 0 radical (unpaired) electrons. The van der Waals surface area contributed by atoms with Gasteiger partial charge in [-0.1, -0.05) is 6.07 Å². The van der Waals surface area contributed by atoms with Crippen LogP contribution in [0, 0.1) is 10.1 Å². The van der Waals surface area contributed by atoms with Crippen LogP contribution in [0.1, 0.15) is 28.9 Å². The Morgan fingerprint density at radius 3 is 2.90 bits per heavy atom. The van der Waals surface area contributed by atoms with E-state index < -0.39 is 10.8 Å². The molecule has 104 valence electrons. The number of rotatable bonds is 4. The number of hydrogen-bond acceptors (Lipinski definition) is 4. The number of halogens is 1. The standard InChI is InChI=1S/C12H11BrN4O3/c1-7(8-5-14-15-6-8)16-12(18)9-3-2-4-10(11(9)13)17(19)20/h2-7H,1H3,(H,14,15)(H,16,18). The van der Waals surface area contributed by atoms with E-state index in [1.807, 2.05) is 0 Å². The van der Waals surface area contributed by atoms with Crippen molar-refractivity contribution in [3.05, 3.63) is 56.3 Å². The van der Waals surface area contributed by atoms with Crippen molar-refractivity contribution in [2.24, 2.45) is 0 Å². The van der Waals surface area contributed by atoms with Crippen molar-refractivity contribution < 1.29 is 9.72 Å². The number of carbonyl (C=O) groups excluding carboxylic acids is 1. The van der Waals surface area contributed by atoms with E-state index in [-0.39, 0.29) is 21.8 Å². The van der Waals surface area contributed by atoms with Crippen LogP contribution in [0.5, 0.6) is 0 Å². The molecule has 0 aliphatic rings. The Morgan fingerprint density at radius 1 is 1.55 bits per heavy atom. The van der Waals surface area contributed by atoms with Gasteiger partial charge in [-0.2, -0.15) is 5.10 Å². The van der Waals surface area contributed by atoms with Gasteiger partial charge in [0.1, 0.15) is 4.47 Å². The molecule has 0 saturated heterocycles. The lowest BCUT2D eigenvalue weighted by Crippen LogP contribution is -2.26. The summed E-state index contributed by atoms with van der Waals surface area (Å²) in [5, 5.41) is 20.1. The van der Waals surface area contributed by atoms with Crippen molar-refractivity contribution >= 4 is 27.5 Å². The molecule has 1 atom stereocenters. The third kappa shape index (κ3) is 2.85. The molecule has 1 aromatic carbocycles. The highest BCUT2D eigenvalue weighted by Gasteiger charge is 2.20.